The molecule has 0 radical (unpaired) electrons. The number of benzene rings is 3. The van der Waals surface area contributed by atoms with E-state index in [4.69, 9.17) is 22.1 Å². The van der Waals surface area contributed by atoms with Gasteiger partial charge in [-0.3, -0.25) is 28.9 Å². The number of piperazine rings is 1. The predicted octanol–water partition coefficient (Wildman–Crippen LogP) is 6.78. The van der Waals surface area contributed by atoms with Crippen molar-refractivity contribution in [3.63, 3.8) is 0 Å². The molecule has 1 saturated carbocycles. The average Bonchev–Trinajstić information content (AvgIpc) is 2.71. The number of aromatic nitrogens is 3. The third-order valence-corrected chi connectivity index (χ3v) is 19.1. The summed E-state index contributed by atoms with van der Waals surface area (Å²) in [6, 6.07) is 19.8. The number of hydrogen-bond donors (Lipinski definition) is 5. The van der Waals surface area contributed by atoms with E-state index in [0.29, 0.717) is 74.4 Å². The van der Waals surface area contributed by atoms with Gasteiger partial charge >= 0.3 is 0 Å². The van der Waals surface area contributed by atoms with Gasteiger partial charge in [-0.15, -0.1) is 0 Å². The molecule has 2 atom stereocenters. The van der Waals surface area contributed by atoms with Gasteiger partial charge in [-0.2, -0.15) is 0 Å². The molecule has 87 heavy (non-hydrogen) atoms. The van der Waals surface area contributed by atoms with Gasteiger partial charge in [-0.1, -0.05) is 68.1 Å². The highest BCUT2D eigenvalue weighted by Gasteiger charge is 2.40. The highest BCUT2D eigenvalue weighted by Crippen LogP contribution is 2.33. The van der Waals surface area contributed by atoms with Crippen LogP contribution in [-0.4, -0.2) is 191 Å². The van der Waals surface area contributed by atoms with E-state index in [9.17, 15) is 32.8 Å². The molecule has 5 amide bonds. The van der Waals surface area contributed by atoms with E-state index >= 15 is 0 Å². The number of carbonyl (C=O) groups is 5. The van der Waals surface area contributed by atoms with E-state index in [1.807, 2.05) is 65.7 Å². The molecule has 6 fully saturated rings. The van der Waals surface area contributed by atoms with E-state index in [2.05, 4.69) is 52.5 Å². The Morgan fingerprint density at radius 2 is 1.48 bits per heavy atom. The largest absolute Gasteiger partial charge is 0.375 e. The van der Waals surface area contributed by atoms with Crippen molar-refractivity contribution < 1.29 is 37.5 Å². The molecule has 7 heterocycles. The van der Waals surface area contributed by atoms with Crippen molar-refractivity contribution in [2.75, 3.05) is 103 Å². The number of nitrogens with zero attached hydrogens (tertiary/aromatic N) is 8. The van der Waals surface area contributed by atoms with Crippen LogP contribution in [0.2, 0.25) is 5.02 Å². The fraction of sp³-hybridized carbons (Fsp3) is 0.554. The molecular weight excluding hydrogens is 1130 g/mol. The smallest absolute Gasteiger partial charge is 0.251 e. The molecule has 0 bridgehead atoms. The van der Waals surface area contributed by atoms with Crippen LogP contribution in [0.25, 0.3) is 11.0 Å². The SMILES string of the molecule is CCN1CCC(OC2CCN(C(=O)C(NC(=O)c3ccc(C4CN(C(=O)CNCc5ccc(F)cc5F)C4)cc3)C3CCCCC3)CC2)CC1.NC1(C(=O)NC(CCN2CCN(C=O)CC2)c2ccc(Cl)cc2)CCN(c2ncnc3[nH]ccc23)CC1. The summed E-state index contributed by atoms with van der Waals surface area (Å²) in [7, 11) is 0. The Hall–Kier alpha value is -6.62. The van der Waals surface area contributed by atoms with Crippen molar-refractivity contribution in [1.29, 1.82) is 0 Å². The van der Waals surface area contributed by atoms with Crippen molar-refractivity contribution >= 4 is 58.5 Å². The molecule has 5 aromatic rings. The maximum Gasteiger partial charge on any atom is 0.251 e. The Kier molecular flexibility index (Phi) is 21.9. The quantitative estimate of drug-likeness (QED) is 0.0509. The minimum absolute atomic E-state index is 0.0353. The first-order chi connectivity index (χ1) is 42.2. The Labute approximate surface area is 514 Å². The first-order valence-electron chi connectivity index (χ1n) is 31.5. The first kappa shape index (κ1) is 63.4. The molecule has 0 spiro atoms. The van der Waals surface area contributed by atoms with Gasteiger partial charge in [0.05, 0.1) is 35.7 Å². The summed E-state index contributed by atoms with van der Waals surface area (Å²) in [6.45, 7) is 13.3. The first-order valence-corrected chi connectivity index (χ1v) is 31.9. The number of H-pyrrole nitrogens is 1. The molecule has 22 heteroatoms. The van der Waals surface area contributed by atoms with E-state index in [1.165, 1.54) is 18.6 Å². The average molecular weight is 1220 g/mol. The summed E-state index contributed by atoms with van der Waals surface area (Å²) in [4.78, 5) is 89.0. The lowest BCUT2D eigenvalue weighted by Crippen LogP contribution is -2.60. The molecule has 2 unspecified atom stereocenters. The summed E-state index contributed by atoms with van der Waals surface area (Å²) in [6.07, 6.45) is 15.6. The number of aromatic amines is 1. The molecule has 1 aliphatic carbocycles. The van der Waals surface area contributed by atoms with Crippen LogP contribution in [0.1, 0.15) is 123 Å². The number of anilines is 1. The Balaban J connectivity index is 0.000000201. The maximum absolute atomic E-state index is 14.0. The van der Waals surface area contributed by atoms with Gasteiger partial charge in [0.25, 0.3) is 5.91 Å². The van der Waals surface area contributed by atoms with Gasteiger partial charge < -0.3 is 55.9 Å². The highest BCUT2D eigenvalue weighted by molar-refractivity contribution is 6.30. The molecule has 5 aliphatic heterocycles. The number of piperidine rings is 3. The molecular formula is C65H86ClF2N13O6. The van der Waals surface area contributed by atoms with Crippen molar-refractivity contribution in [2.45, 2.75) is 126 Å². The standard InChI is InChI=1S/C39H53F2N5O4.C26H33ClN8O2/c1-2-44-18-14-33(15-19-44)50-34-16-20-45(21-17-34)39(49)37(28-6-4-3-5-7-28)43-38(48)29-10-8-27(9-11-29)31-25-46(26-31)36(47)24-42-23-30-12-13-32(40)22-35(30)41;27-20-3-1-19(2-4-20)22(6-10-33-13-15-34(18-36)16-14-33)32-25(37)26(28)7-11-35(12-8-26)24-21-5-9-29-23(21)30-17-31-24/h8-13,22,28,31,33-34,37,42H,2-7,14-21,23-26H2,1H3,(H,43,48);1-5,9,17-18,22H,6-8,10-16,28H2,(H,32,37)(H,29,30,31). The van der Waals surface area contributed by atoms with Gasteiger partial charge in [-0.05, 0) is 118 Å². The van der Waals surface area contributed by atoms with Crippen LogP contribution in [0, 0.1) is 17.6 Å². The van der Waals surface area contributed by atoms with Gasteiger partial charge in [0.15, 0.2) is 0 Å². The zero-order chi connectivity index (χ0) is 60.9. The van der Waals surface area contributed by atoms with E-state index in [1.54, 1.807) is 16.1 Å². The predicted molar refractivity (Wildman–Crippen MR) is 331 cm³/mol. The lowest BCUT2D eigenvalue weighted by Gasteiger charge is -2.40. The molecule has 11 rings (SSSR count). The number of nitrogens with two attached hydrogens (primary N) is 1. The normalized spacial score (nSPS) is 20.1. The van der Waals surface area contributed by atoms with Crippen LogP contribution in [0.15, 0.2) is 85.3 Å². The number of rotatable bonds is 20. The molecule has 5 saturated heterocycles. The fourth-order valence-corrected chi connectivity index (χ4v) is 13.3. The highest BCUT2D eigenvalue weighted by atomic mass is 35.5. The van der Waals surface area contributed by atoms with Crippen molar-refractivity contribution in [3.05, 3.63) is 124 Å². The van der Waals surface area contributed by atoms with E-state index in [-0.39, 0.29) is 60.7 Å². The van der Waals surface area contributed by atoms with Crippen LogP contribution < -0.4 is 26.6 Å². The van der Waals surface area contributed by atoms with Crippen LogP contribution in [0.4, 0.5) is 14.6 Å². The number of nitrogens with one attached hydrogen (secondary N) is 4. The van der Waals surface area contributed by atoms with Crippen molar-refractivity contribution in [1.82, 2.24) is 55.4 Å². The van der Waals surface area contributed by atoms with Gasteiger partial charge in [-0.25, -0.2) is 18.7 Å². The van der Waals surface area contributed by atoms with Crippen LogP contribution in [0.3, 0.4) is 0 Å². The Morgan fingerprint density at radius 1 is 0.793 bits per heavy atom. The lowest BCUT2D eigenvalue weighted by atomic mass is 9.83. The fourth-order valence-electron chi connectivity index (χ4n) is 13.2. The number of fused-ring (bicyclic) bond motifs is 1. The molecule has 19 nitrogen and oxygen atoms in total. The number of carbonyl (C=O) groups excluding carboxylic acids is 5. The van der Waals surface area contributed by atoms with Crippen molar-refractivity contribution in [2.24, 2.45) is 11.7 Å². The second kappa shape index (κ2) is 30.1. The number of ether oxygens (including phenoxy) is 1. The zero-order valence-electron chi connectivity index (χ0n) is 50.2. The van der Waals surface area contributed by atoms with Crippen LogP contribution >= 0.6 is 11.6 Å². The molecule has 6 aliphatic rings. The lowest BCUT2D eigenvalue weighted by molar-refractivity contribution is -0.139. The van der Waals surface area contributed by atoms with E-state index < -0.39 is 23.2 Å². The van der Waals surface area contributed by atoms with Gasteiger partial charge in [0.1, 0.15) is 35.5 Å². The monoisotopic (exact) mass is 1220 g/mol. The second-order valence-electron chi connectivity index (χ2n) is 24.5. The number of likely N-dealkylation sites (tertiary alicyclic amines) is 3. The van der Waals surface area contributed by atoms with E-state index in [0.717, 1.165) is 151 Å². The summed E-state index contributed by atoms with van der Waals surface area (Å²) in [5.74, 6) is -0.511. The van der Waals surface area contributed by atoms with Gasteiger partial charge in [0.2, 0.25) is 24.1 Å². The summed E-state index contributed by atoms with van der Waals surface area (Å²) in [5, 5.41) is 11.0. The zero-order valence-corrected chi connectivity index (χ0v) is 50.9. The number of hydrogen-bond acceptors (Lipinski definition) is 13. The Bertz CT molecular complexity index is 3080. The topological polar surface area (TPSA) is 218 Å². The summed E-state index contributed by atoms with van der Waals surface area (Å²) >= 11 is 6.12. The Morgan fingerprint density at radius 3 is 2.15 bits per heavy atom. The molecule has 3 aromatic carbocycles. The van der Waals surface area contributed by atoms with Crippen molar-refractivity contribution in [3.8, 4) is 0 Å². The minimum Gasteiger partial charge on any atom is -0.375 e. The number of amides is 5. The van der Waals surface area contributed by atoms with Gasteiger partial charge in [0, 0.05) is 126 Å². The number of halogens is 3. The third-order valence-electron chi connectivity index (χ3n) is 18.9. The second-order valence-corrected chi connectivity index (χ2v) is 25.0. The van der Waals surface area contributed by atoms with Crippen LogP contribution in [-0.2, 0) is 30.5 Å². The summed E-state index contributed by atoms with van der Waals surface area (Å²) in [5.41, 5.74) is 9.43. The molecule has 6 N–H and O–H groups in total. The molecule has 468 valence electrons. The molecule has 2 aromatic heterocycles. The van der Waals surface area contributed by atoms with Crippen LogP contribution in [0.5, 0.6) is 0 Å². The summed E-state index contributed by atoms with van der Waals surface area (Å²) < 4.78 is 33.4. The maximum atomic E-state index is 14.0. The third kappa shape index (κ3) is 16.6. The minimum atomic E-state index is -0.957.